The van der Waals surface area contributed by atoms with Gasteiger partial charge in [-0.15, -0.1) is 0 Å². The van der Waals surface area contributed by atoms with Gasteiger partial charge in [-0.1, -0.05) is 5.11 Å². The van der Waals surface area contributed by atoms with Crippen molar-refractivity contribution in [1.82, 2.24) is 9.55 Å². The van der Waals surface area contributed by atoms with Crippen molar-refractivity contribution in [3.05, 3.63) is 43.0 Å². The van der Waals surface area contributed by atoms with Gasteiger partial charge in [-0.05, 0) is 12.5 Å². The summed E-state index contributed by atoms with van der Waals surface area (Å²) in [6.45, 7) is 1.26. The first-order valence-electron chi connectivity index (χ1n) is 7.88. The summed E-state index contributed by atoms with van der Waals surface area (Å²) >= 11 is -7.31. The van der Waals surface area contributed by atoms with Crippen LogP contribution in [0.4, 0.5) is 0 Å². The molecule has 5 saturated heterocycles. The number of aryl methyl sites for hydroxylation is 1. The van der Waals surface area contributed by atoms with E-state index < -0.39 is 92.3 Å². The topological polar surface area (TPSA) is 188 Å². The monoisotopic (exact) mass is 663 g/mol. The zero-order chi connectivity index (χ0) is 20.5. The summed E-state index contributed by atoms with van der Waals surface area (Å²) in [7, 11) is 0. The Kier molecular flexibility index (Phi) is 7.31. The third-order valence-corrected chi connectivity index (χ3v) is 24.6. The number of azide groups is 1. The van der Waals surface area contributed by atoms with Crippen molar-refractivity contribution in [3.63, 3.8) is 0 Å². The van der Waals surface area contributed by atoms with Gasteiger partial charge in [-0.3, -0.25) is 14.3 Å². The third kappa shape index (κ3) is 5.05. The van der Waals surface area contributed by atoms with Crippen molar-refractivity contribution in [2.45, 2.75) is 31.7 Å². The van der Waals surface area contributed by atoms with E-state index in [0.717, 1.165) is 0 Å². The molecule has 0 aromatic carbocycles. The molecule has 158 valence electrons. The summed E-state index contributed by atoms with van der Waals surface area (Å²) in [6, 6.07) is -0.542. The molecular weight excluding hydrogens is 650 g/mol. The van der Waals surface area contributed by atoms with E-state index in [0.29, 0.717) is 5.56 Å². The number of hydrogen-bond donors (Lipinski definition) is 2. The molecule has 19 heteroatoms. The summed E-state index contributed by atoms with van der Waals surface area (Å²) in [4.78, 5) is 27.8. The molecule has 0 amide bonds. The maximum atomic E-state index is 11.7. The normalized spacial score (nSPS) is 37.0. The SMILES string of the molecule is Cc1cn([C@H]2C[C@H](N=[N+]=[N-])[C@@H](CO)O2)c(=O)[nH]c1=O.O1[As]2O[As]3O[As]1O[As](O2)O3. The van der Waals surface area contributed by atoms with Crippen LogP contribution < -0.4 is 11.2 Å². The van der Waals surface area contributed by atoms with Gasteiger partial charge in [0.25, 0.3) is 5.56 Å². The van der Waals surface area contributed by atoms with Crippen LogP contribution in [0.25, 0.3) is 10.4 Å². The number of aliphatic hydroxyl groups excluding tert-OH is 1. The first-order chi connectivity index (χ1) is 14.0. The Labute approximate surface area is 184 Å². The van der Waals surface area contributed by atoms with Crippen LogP contribution in [0.15, 0.2) is 20.9 Å². The number of nitrogens with one attached hydrogen (secondary N) is 1. The molecule has 5 aliphatic rings. The molecule has 0 saturated carbocycles. The molecule has 6 heterocycles. The molecule has 0 radical (unpaired) electrons. The van der Waals surface area contributed by atoms with Crippen molar-refractivity contribution in [2.24, 2.45) is 5.11 Å². The molecular formula is C10H13As4N5O10. The predicted octanol–water partition coefficient (Wildman–Crippen LogP) is -2.13. The van der Waals surface area contributed by atoms with Crippen LogP contribution in [-0.2, 0) is 21.0 Å². The second-order valence-electron chi connectivity index (χ2n) is 5.68. The number of nitrogens with zero attached hydrogens (tertiary/aromatic N) is 4. The number of aliphatic hydroxyl groups is 1. The van der Waals surface area contributed by atoms with E-state index in [4.69, 9.17) is 31.7 Å². The van der Waals surface area contributed by atoms with Gasteiger partial charge in [0, 0.05) is 23.1 Å². The van der Waals surface area contributed by atoms with Crippen LogP contribution in [0.1, 0.15) is 18.2 Å². The van der Waals surface area contributed by atoms with Gasteiger partial charge in [0.2, 0.25) is 0 Å². The van der Waals surface area contributed by atoms with Crippen LogP contribution in [-0.4, -0.2) is 96.1 Å². The van der Waals surface area contributed by atoms with Crippen LogP contribution in [0.2, 0.25) is 0 Å². The van der Waals surface area contributed by atoms with Gasteiger partial charge in [-0.25, -0.2) is 4.79 Å². The molecule has 3 atom stereocenters. The Hall–Kier alpha value is -0.0962. The van der Waals surface area contributed by atoms with Crippen molar-refractivity contribution >= 4 is 62.7 Å². The minimum absolute atomic E-state index is 0.265. The molecule has 1 aromatic rings. The second-order valence-corrected chi connectivity index (χ2v) is 22.2. The Morgan fingerprint density at radius 2 is 1.76 bits per heavy atom. The number of aromatic amines is 1. The van der Waals surface area contributed by atoms with Crippen molar-refractivity contribution in [3.8, 4) is 0 Å². The summed E-state index contributed by atoms with van der Waals surface area (Å²) in [6.07, 6.45) is 0.329. The zero-order valence-electron chi connectivity index (χ0n) is 14.4. The molecule has 4 bridgehead atoms. The van der Waals surface area contributed by atoms with Gasteiger partial charge in [0.15, 0.2) is 0 Å². The Morgan fingerprint density at radius 3 is 2.24 bits per heavy atom. The zero-order valence-corrected chi connectivity index (χ0v) is 21.9. The van der Waals surface area contributed by atoms with E-state index in [1.807, 2.05) is 0 Å². The standard InChI is InChI=1S/C10H13N5O4.As4O6/c1-5-3-15(10(18)12-9(5)17)8-2-6(13-14-11)7(4-16)19-8;5-1-6-3-8-2(5)9-4(7-1)10-3/h3,6-8,16H,2,4H2,1H3,(H,12,17,18);/t6-,7+,8+;/m0./s1. The summed E-state index contributed by atoms with van der Waals surface area (Å²) in [5, 5.41) is 12.7. The molecule has 15 nitrogen and oxygen atoms in total. The third-order valence-electron chi connectivity index (χ3n) is 3.84. The summed E-state index contributed by atoms with van der Waals surface area (Å²) in [5.41, 5.74) is 7.76. The first kappa shape index (κ1) is 22.1. The molecule has 5 fully saturated rings. The van der Waals surface area contributed by atoms with E-state index in [1.54, 1.807) is 6.92 Å². The van der Waals surface area contributed by atoms with Crippen LogP contribution in [0.3, 0.4) is 0 Å². The average molecular weight is 663 g/mol. The minimum atomic E-state index is -1.83. The Morgan fingerprint density at radius 1 is 1.21 bits per heavy atom. The van der Waals surface area contributed by atoms with E-state index in [-0.39, 0.29) is 13.0 Å². The quantitative estimate of drug-likeness (QED) is 0.157. The fraction of sp³-hybridized carbons (Fsp3) is 0.600. The Balaban J connectivity index is 0.000000168. The second kappa shape index (κ2) is 9.59. The summed E-state index contributed by atoms with van der Waals surface area (Å²) in [5.74, 6) is 0. The molecule has 0 unspecified atom stereocenters. The van der Waals surface area contributed by atoms with Gasteiger partial charge in [0.1, 0.15) is 6.23 Å². The number of H-pyrrole nitrogens is 1. The molecule has 2 N–H and O–H groups in total. The Bertz CT molecular complexity index is 866. The van der Waals surface area contributed by atoms with E-state index >= 15 is 0 Å². The van der Waals surface area contributed by atoms with Crippen molar-refractivity contribution in [1.29, 1.82) is 0 Å². The molecule has 1 aromatic heterocycles. The van der Waals surface area contributed by atoms with Crippen LogP contribution in [0, 0.1) is 6.92 Å². The van der Waals surface area contributed by atoms with Crippen molar-refractivity contribution in [2.75, 3.05) is 6.61 Å². The van der Waals surface area contributed by atoms with Crippen LogP contribution >= 0.6 is 0 Å². The number of hydrogen-bond acceptors (Lipinski definition) is 11. The fourth-order valence-electron chi connectivity index (χ4n) is 2.54. The molecule has 0 spiro atoms. The van der Waals surface area contributed by atoms with Gasteiger partial charge in [-0.2, -0.15) is 0 Å². The van der Waals surface area contributed by atoms with Crippen molar-refractivity contribution < 1.29 is 26.1 Å². The van der Waals surface area contributed by atoms with Gasteiger partial charge >= 0.3 is 84.7 Å². The number of aromatic nitrogens is 2. The fourth-order valence-corrected chi connectivity index (χ4v) is 36.0. The average Bonchev–Trinajstić information content (AvgIpc) is 3.07. The van der Waals surface area contributed by atoms with E-state index in [9.17, 15) is 9.59 Å². The summed E-state index contributed by atoms with van der Waals surface area (Å²) < 4.78 is 38.0. The van der Waals surface area contributed by atoms with Gasteiger partial charge in [0.05, 0.1) is 18.8 Å². The molecule has 5 aliphatic heterocycles. The van der Waals surface area contributed by atoms with Gasteiger partial charge < -0.3 is 9.84 Å². The number of rotatable bonds is 3. The molecule has 0 aliphatic carbocycles. The molecule has 6 rings (SSSR count). The van der Waals surface area contributed by atoms with E-state index in [2.05, 4.69) is 15.0 Å². The first-order valence-corrected chi connectivity index (χ1v) is 17.1. The maximum absolute atomic E-state index is 11.7. The molecule has 29 heavy (non-hydrogen) atoms. The number of ether oxygens (including phenoxy) is 1. The van der Waals surface area contributed by atoms with E-state index in [1.165, 1.54) is 10.8 Å². The van der Waals surface area contributed by atoms with Crippen LogP contribution in [0.5, 0.6) is 0 Å². The predicted molar refractivity (Wildman–Crippen MR) is 94.1 cm³/mol.